The van der Waals surface area contributed by atoms with Crippen LogP contribution in [0.15, 0.2) is 11.6 Å². The van der Waals surface area contributed by atoms with Gasteiger partial charge in [-0.05, 0) is 37.5 Å². The maximum absolute atomic E-state index is 11.7. The maximum atomic E-state index is 11.7. The van der Waals surface area contributed by atoms with Gasteiger partial charge in [0.2, 0.25) is 0 Å². The van der Waals surface area contributed by atoms with Crippen molar-refractivity contribution in [1.29, 1.82) is 0 Å². The fourth-order valence-corrected chi connectivity index (χ4v) is 3.31. The minimum Gasteiger partial charge on any atom is -0.454 e. The summed E-state index contributed by atoms with van der Waals surface area (Å²) < 4.78 is 4.95. The van der Waals surface area contributed by atoms with E-state index in [0.717, 1.165) is 36.2 Å². The van der Waals surface area contributed by atoms with Crippen molar-refractivity contribution in [1.82, 2.24) is 0 Å². The Morgan fingerprint density at radius 2 is 1.33 bits per heavy atom. The molecule has 0 aromatic carbocycles. The largest absolute Gasteiger partial charge is 0.454 e. The van der Waals surface area contributed by atoms with Crippen molar-refractivity contribution in [2.45, 2.75) is 98.5 Å². The topological polar surface area (TPSA) is 66.8 Å². The standard InChI is InChI=1S/C23H44O4/c1-18(2)9-6-10-19(3)11-7-12-20(4)13-8-14-21(5)15-23(26)27-22(16-24)17-25/h15,18-20,22,24-25H,6-14,16-17H2,1-5H3/b21-15+. The van der Waals surface area contributed by atoms with Crippen LogP contribution in [0.25, 0.3) is 0 Å². The lowest BCUT2D eigenvalue weighted by Gasteiger charge is -2.15. The fraction of sp³-hybridized carbons (Fsp3) is 0.870. The van der Waals surface area contributed by atoms with Crippen LogP contribution >= 0.6 is 0 Å². The smallest absolute Gasteiger partial charge is 0.331 e. The molecule has 2 atom stereocenters. The lowest BCUT2D eigenvalue weighted by atomic mass is 9.91. The molecule has 0 aromatic heterocycles. The summed E-state index contributed by atoms with van der Waals surface area (Å²) in [5, 5.41) is 17.8. The van der Waals surface area contributed by atoms with Gasteiger partial charge in [-0.25, -0.2) is 4.79 Å². The molecule has 0 aliphatic carbocycles. The Bertz CT molecular complexity index is 399. The maximum Gasteiger partial charge on any atom is 0.331 e. The third kappa shape index (κ3) is 15.8. The predicted octanol–water partition coefficient (Wildman–Crippen LogP) is 5.27. The van der Waals surface area contributed by atoms with Crippen molar-refractivity contribution in [3.05, 3.63) is 11.6 Å². The molecule has 0 bridgehead atoms. The minimum atomic E-state index is -0.825. The van der Waals surface area contributed by atoms with E-state index in [1.807, 2.05) is 6.92 Å². The number of hydrogen-bond donors (Lipinski definition) is 2. The summed E-state index contributed by atoms with van der Waals surface area (Å²) in [6, 6.07) is 0. The Kier molecular flexibility index (Phi) is 15.6. The van der Waals surface area contributed by atoms with Crippen LogP contribution in [0.1, 0.15) is 92.4 Å². The van der Waals surface area contributed by atoms with Crippen LogP contribution in [-0.4, -0.2) is 35.5 Å². The van der Waals surface area contributed by atoms with Crippen LogP contribution < -0.4 is 0 Å². The van der Waals surface area contributed by atoms with Gasteiger partial charge in [0.15, 0.2) is 0 Å². The van der Waals surface area contributed by atoms with Gasteiger partial charge in [0, 0.05) is 6.08 Å². The first kappa shape index (κ1) is 26.1. The zero-order valence-corrected chi connectivity index (χ0v) is 18.4. The van der Waals surface area contributed by atoms with Crippen molar-refractivity contribution in [3.63, 3.8) is 0 Å². The number of allylic oxidation sites excluding steroid dienone is 1. The van der Waals surface area contributed by atoms with Crippen LogP contribution in [0.3, 0.4) is 0 Å². The first-order chi connectivity index (χ1) is 12.8. The number of esters is 1. The van der Waals surface area contributed by atoms with Gasteiger partial charge in [0.25, 0.3) is 0 Å². The van der Waals surface area contributed by atoms with Gasteiger partial charge in [-0.1, -0.05) is 78.2 Å². The Morgan fingerprint density at radius 1 is 0.852 bits per heavy atom. The first-order valence-electron chi connectivity index (χ1n) is 10.9. The van der Waals surface area contributed by atoms with E-state index in [0.29, 0.717) is 0 Å². The molecule has 2 unspecified atom stereocenters. The summed E-state index contributed by atoms with van der Waals surface area (Å²) in [5.41, 5.74) is 0.987. The van der Waals surface area contributed by atoms with E-state index < -0.39 is 12.1 Å². The normalized spacial score (nSPS) is 14.6. The van der Waals surface area contributed by atoms with Crippen LogP contribution in [-0.2, 0) is 9.53 Å². The summed E-state index contributed by atoms with van der Waals surface area (Å²) >= 11 is 0. The molecule has 0 radical (unpaired) electrons. The second-order valence-corrected chi connectivity index (χ2v) is 8.77. The number of carbonyl (C=O) groups is 1. The molecule has 0 amide bonds. The Hall–Kier alpha value is -0.870. The van der Waals surface area contributed by atoms with Crippen molar-refractivity contribution in [2.24, 2.45) is 17.8 Å². The lowest BCUT2D eigenvalue weighted by molar-refractivity contribution is -0.147. The van der Waals surface area contributed by atoms with Gasteiger partial charge < -0.3 is 14.9 Å². The molecule has 0 heterocycles. The zero-order chi connectivity index (χ0) is 20.7. The van der Waals surface area contributed by atoms with Gasteiger partial charge in [0.05, 0.1) is 13.2 Å². The second-order valence-electron chi connectivity index (χ2n) is 8.77. The van der Waals surface area contributed by atoms with E-state index in [-0.39, 0.29) is 13.2 Å². The lowest BCUT2D eigenvalue weighted by Crippen LogP contribution is -2.24. The van der Waals surface area contributed by atoms with Gasteiger partial charge in [-0.15, -0.1) is 0 Å². The Labute approximate surface area is 167 Å². The number of aliphatic hydroxyl groups is 2. The SMILES string of the molecule is C/C(=C\C(=O)OC(CO)CO)CCCC(C)CCCC(C)CCCC(C)C. The predicted molar refractivity (Wildman–Crippen MR) is 113 cm³/mol. The van der Waals surface area contributed by atoms with E-state index in [1.165, 1.54) is 51.0 Å². The highest BCUT2D eigenvalue weighted by Gasteiger charge is 2.11. The molecule has 0 saturated heterocycles. The number of aliphatic hydroxyl groups excluding tert-OH is 2. The summed E-state index contributed by atoms with van der Waals surface area (Å²) in [5.74, 6) is 1.90. The molecule has 0 aromatic rings. The molecule has 0 fully saturated rings. The summed E-state index contributed by atoms with van der Waals surface area (Å²) in [7, 11) is 0. The summed E-state index contributed by atoms with van der Waals surface area (Å²) in [4.78, 5) is 11.7. The third-order valence-corrected chi connectivity index (χ3v) is 5.19. The van der Waals surface area contributed by atoms with E-state index in [2.05, 4.69) is 27.7 Å². The first-order valence-corrected chi connectivity index (χ1v) is 10.9. The molecule has 0 aliphatic heterocycles. The van der Waals surface area contributed by atoms with Crippen LogP contribution in [0, 0.1) is 17.8 Å². The third-order valence-electron chi connectivity index (χ3n) is 5.19. The number of ether oxygens (including phenoxy) is 1. The molecule has 27 heavy (non-hydrogen) atoms. The molecular formula is C23H44O4. The van der Waals surface area contributed by atoms with Gasteiger partial charge >= 0.3 is 5.97 Å². The zero-order valence-electron chi connectivity index (χ0n) is 18.4. The highest BCUT2D eigenvalue weighted by molar-refractivity contribution is 5.82. The number of carbonyl (C=O) groups excluding carboxylic acids is 1. The minimum absolute atomic E-state index is 0.358. The van der Waals surface area contributed by atoms with Crippen molar-refractivity contribution in [2.75, 3.05) is 13.2 Å². The molecule has 0 saturated carbocycles. The van der Waals surface area contributed by atoms with Crippen LogP contribution in [0.2, 0.25) is 0 Å². The molecule has 0 aliphatic rings. The second kappa shape index (κ2) is 16.1. The molecule has 4 nitrogen and oxygen atoms in total. The quantitative estimate of drug-likeness (QED) is 0.281. The Morgan fingerprint density at radius 3 is 1.81 bits per heavy atom. The van der Waals surface area contributed by atoms with E-state index >= 15 is 0 Å². The monoisotopic (exact) mass is 384 g/mol. The molecular weight excluding hydrogens is 340 g/mol. The van der Waals surface area contributed by atoms with Crippen molar-refractivity contribution in [3.8, 4) is 0 Å². The summed E-state index contributed by atoms with van der Waals surface area (Å²) in [6.07, 6.45) is 11.8. The number of hydrogen-bond acceptors (Lipinski definition) is 4. The van der Waals surface area contributed by atoms with E-state index in [1.54, 1.807) is 0 Å². The fourth-order valence-electron chi connectivity index (χ4n) is 3.31. The van der Waals surface area contributed by atoms with Crippen LogP contribution in [0.5, 0.6) is 0 Å². The average molecular weight is 385 g/mol. The molecule has 2 N–H and O–H groups in total. The van der Waals surface area contributed by atoms with Gasteiger partial charge in [-0.2, -0.15) is 0 Å². The highest BCUT2D eigenvalue weighted by atomic mass is 16.6. The molecule has 0 spiro atoms. The summed E-state index contributed by atoms with van der Waals surface area (Å²) in [6.45, 7) is 10.5. The van der Waals surface area contributed by atoms with Crippen molar-refractivity contribution >= 4 is 5.97 Å². The van der Waals surface area contributed by atoms with E-state index in [4.69, 9.17) is 14.9 Å². The van der Waals surface area contributed by atoms with Crippen LogP contribution in [0.4, 0.5) is 0 Å². The van der Waals surface area contributed by atoms with E-state index in [9.17, 15) is 4.79 Å². The van der Waals surface area contributed by atoms with Crippen molar-refractivity contribution < 1.29 is 19.7 Å². The molecule has 4 heteroatoms. The Balaban J connectivity index is 3.84. The molecule has 0 rings (SSSR count). The number of rotatable bonds is 16. The van der Waals surface area contributed by atoms with Gasteiger partial charge in [0.1, 0.15) is 6.10 Å². The van der Waals surface area contributed by atoms with Gasteiger partial charge in [-0.3, -0.25) is 0 Å². The molecule has 160 valence electrons. The average Bonchev–Trinajstić information content (AvgIpc) is 2.59. The highest BCUT2D eigenvalue weighted by Crippen LogP contribution is 2.22.